The molecule has 0 saturated heterocycles. The molecule has 0 spiro atoms. The summed E-state index contributed by atoms with van der Waals surface area (Å²) >= 11 is 0. The molecule has 7 heteroatoms. The minimum absolute atomic E-state index is 0.0242. The van der Waals surface area contributed by atoms with Gasteiger partial charge in [0, 0.05) is 19.3 Å². The van der Waals surface area contributed by atoms with Gasteiger partial charge in [0.25, 0.3) is 0 Å². The lowest BCUT2D eigenvalue weighted by atomic mass is 9.96. The van der Waals surface area contributed by atoms with Crippen molar-refractivity contribution in [1.82, 2.24) is 20.4 Å². The molecule has 0 unspecified atom stereocenters. The number of halogens is 1. The van der Waals surface area contributed by atoms with Crippen LogP contribution in [0.2, 0.25) is 0 Å². The van der Waals surface area contributed by atoms with E-state index in [2.05, 4.69) is 15.7 Å². The van der Waals surface area contributed by atoms with Gasteiger partial charge >= 0.3 is 6.03 Å². The van der Waals surface area contributed by atoms with Gasteiger partial charge < -0.3 is 15.7 Å². The number of carbonyl (C=O) groups excluding carboxylic acids is 1. The molecule has 0 fully saturated rings. The molecule has 6 nitrogen and oxygen atoms in total. The molecule has 0 aliphatic rings. The molecule has 1 aromatic carbocycles. The van der Waals surface area contributed by atoms with E-state index in [9.17, 15) is 14.3 Å². The zero-order chi connectivity index (χ0) is 17.7. The first-order valence-electron chi connectivity index (χ1n) is 7.77. The Hall–Kier alpha value is -2.41. The molecule has 1 aromatic heterocycles. The predicted molar refractivity (Wildman–Crippen MR) is 89.0 cm³/mol. The number of amides is 2. The lowest BCUT2D eigenvalue weighted by Crippen LogP contribution is -2.44. The van der Waals surface area contributed by atoms with Crippen molar-refractivity contribution in [2.75, 3.05) is 13.1 Å². The third kappa shape index (κ3) is 4.55. The summed E-state index contributed by atoms with van der Waals surface area (Å²) in [6.07, 6.45) is 2.47. The number of nitrogens with one attached hydrogen (secondary N) is 2. The van der Waals surface area contributed by atoms with E-state index in [-0.39, 0.29) is 18.4 Å². The molecule has 2 rings (SSSR count). The quantitative estimate of drug-likeness (QED) is 0.751. The zero-order valence-electron chi connectivity index (χ0n) is 14.1. The van der Waals surface area contributed by atoms with Crippen LogP contribution in [0.25, 0.3) is 0 Å². The first-order valence-corrected chi connectivity index (χ1v) is 7.77. The zero-order valence-corrected chi connectivity index (χ0v) is 14.1. The molecule has 130 valence electrons. The van der Waals surface area contributed by atoms with Crippen LogP contribution >= 0.6 is 0 Å². The van der Waals surface area contributed by atoms with E-state index in [1.807, 2.05) is 14.0 Å². The van der Waals surface area contributed by atoms with Gasteiger partial charge in [-0.2, -0.15) is 5.10 Å². The molecule has 0 saturated carbocycles. The van der Waals surface area contributed by atoms with Crippen LogP contribution in [0.1, 0.15) is 23.7 Å². The largest absolute Gasteiger partial charge is 0.384 e. The molecule has 0 aliphatic heterocycles. The molecule has 2 amide bonds. The van der Waals surface area contributed by atoms with E-state index in [1.165, 1.54) is 24.3 Å². The molecule has 1 atom stereocenters. The van der Waals surface area contributed by atoms with Crippen LogP contribution in [-0.2, 0) is 19.1 Å². The maximum atomic E-state index is 12.9. The van der Waals surface area contributed by atoms with Crippen LogP contribution in [0.4, 0.5) is 9.18 Å². The fraction of sp³-hybridized carbons (Fsp3) is 0.412. The van der Waals surface area contributed by atoms with Crippen molar-refractivity contribution in [3.8, 4) is 0 Å². The summed E-state index contributed by atoms with van der Waals surface area (Å²) < 4.78 is 14.7. The van der Waals surface area contributed by atoms with E-state index in [0.717, 1.165) is 11.3 Å². The monoisotopic (exact) mass is 334 g/mol. The van der Waals surface area contributed by atoms with Crippen LogP contribution < -0.4 is 10.6 Å². The Bertz CT molecular complexity index is 695. The number of urea groups is 1. The van der Waals surface area contributed by atoms with Gasteiger partial charge in [-0.1, -0.05) is 12.1 Å². The molecule has 3 N–H and O–H groups in total. The Morgan fingerprint density at radius 2 is 2.00 bits per heavy atom. The highest BCUT2D eigenvalue weighted by Gasteiger charge is 2.23. The summed E-state index contributed by atoms with van der Waals surface area (Å²) in [6, 6.07) is 5.19. The highest BCUT2D eigenvalue weighted by molar-refractivity contribution is 5.73. The standard InChI is InChI=1S/C17H23FN4O2/c1-12-13(10-21-22(12)3)8-9-19-16(23)20-11-17(2,24)14-4-6-15(18)7-5-14/h4-7,10,24H,8-9,11H2,1-3H3,(H2,19,20,23)/t17-/m0/s1. The van der Waals surface area contributed by atoms with Gasteiger partial charge in [0.1, 0.15) is 11.4 Å². The lowest BCUT2D eigenvalue weighted by molar-refractivity contribution is 0.0593. The Labute approximate surface area is 140 Å². The minimum Gasteiger partial charge on any atom is -0.384 e. The van der Waals surface area contributed by atoms with Gasteiger partial charge in [-0.25, -0.2) is 9.18 Å². The van der Waals surface area contributed by atoms with Crippen molar-refractivity contribution in [3.05, 3.63) is 53.1 Å². The highest BCUT2D eigenvalue weighted by Crippen LogP contribution is 2.19. The Balaban J connectivity index is 1.78. The van der Waals surface area contributed by atoms with E-state index in [0.29, 0.717) is 18.5 Å². The van der Waals surface area contributed by atoms with Gasteiger partial charge in [-0.3, -0.25) is 4.68 Å². The SMILES string of the molecule is Cc1c(CCNC(=O)NC[C@](C)(O)c2ccc(F)cc2)cnn1C. The van der Waals surface area contributed by atoms with Gasteiger partial charge in [0.2, 0.25) is 0 Å². The third-order valence-electron chi connectivity index (χ3n) is 4.08. The third-order valence-corrected chi connectivity index (χ3v) is 4.08. The van der Waals surface area contributed by atoms with Gasteiger partial charge in [0.05, 0.1) is 12.7 Å². The normalized spacial score (nSPS) is 13.4. The van der Waals surface area contributed by atoms with Crippen molar-refractivity contribution in [2.24, 2.45) is 7.05 Å². The van der Waals surface area contributed by atoms with Crippen LogP contribution in [0.5, 0.6) is 0 Å². The van der Waals surface area contributed by atoms with Gasteiger partial charge in [-0.05, 0) is 43.5 Å². The first kappa shape index (κ1) is 17.9. The van der Waals surface area contributed by atoms with Crippen LogP contribution in [0.15, 0.2) is 30.5 Å². The smallest absolute Gasteiger partial charge is 0.314 e. The number of benzene rings is 1. The van der Waals surface area contributed by atoms with Crippen molar-refractivity contribution in [2.45, 2.75) is 25.9 Å². The second-order valence-electron chi connectivity index (χ2n) is 6.02. The number of hydrogen-bond donors (Lipinski definition) is 3. The molecule has 1 heterocycles. The van der Waals surface area contributed by atoms with Gasteiger partial charge in [-0.15, -0.1) is 0 Å². The van der Waals surface area contributed by atoms with E-state index >= 15 is 0 Å². The summed E-state index contributed by atoms with van der Waals surface area (Å²) in [5.41, 5.74) is 1.41. The fourth-order valence-corrected chi connectivity index (χ4v) is 2.33. The molecule has 24 heavy (non-hydrogen) atoms. The number of aryl methyl sites for hydroxylation is 1. The summed E-state index contributed by atoms with van der Waals surface area (Å²) in [5.74, 6) is -0.369. The highest BCUT2D eigenvalue weighted by atomic mass is 19.1. The summed E-state index contributed by atoms with van der Waals surface area (Å²) in [5, 5.41) is 19.9. The average molecular weight is 334 g/mol. The number of aromatic nitrogens is 2. The van der Waals surface area contributed by atoms with Crippen molar-refractivity contribution in [3.63, 3.8) is 0 Å². The molecule has 2 aromatic rings. The van der Waals surface area contributed by atoms with Crippen molar-refractivity contribution < 1.29 is 14.3 Å². The van der Waals surface area contributed by atoms with E-state index in [4.69, 9.17) is 0 Å². The van der Waals surface area contributed by atoms with Crippen molar-refractivity contribution >= 4 is 6.03 Å². The number of nitrogens with zero attached hydrogens (tertiary/aromatic N) is 2. The molecular formula is C17H23FN4O2. The molecule has 0 aliphatic carbocycles. The van der Waals surface area contributed by atoms with Crippen molar-refractivity contribution in [1.29, 1.82) is 0 Å². The first-order chi connectivity index (χ1) is 11.3. The lowest BCUT2D eigenvalue weighted by Gasteiger charge is -2.24. The number of hydrogen-bond acceptors (Lipinski definition) is 3. The van der Waals surface area contributed by atoms with Gasteiger partial charge in [0.15, 0.2) is 0 Å². The molecular weight excluding hydrogens is 311 g/mol. The van der Waals surface area contributed by atoms with Crippen LogP contribution in [0.3, 0.4) is 0 Å². The van der Waals surface area contributed by atoms with E-state index < -0.39 is 5.60 Å². The Kier molecular flexibility index (Phi) is 5.56. The molecule has 0 radical (unpaired) electrons. The van der Waals surface area contributed by atoms with E-state index in [1.54, 1.807) is 17.8 Å². The average Bonchev–Trinajstić information content (AvgIpc) is 2.86. The maximum absolute atomic E-state index is 12.9. The second-order valence-corrected chi connectivity index (χ2v) is 6.02. The predicted octanol–water partition coefficient (Wildman–Crippen LogP) is 1.62. The summed E-state index contributed by atoms with van der Waals surface area (Å²) in [7, 11) is 1.87. The molecule has 0 bridgehead atoms. The minimum atomic E-state index is -1.27. The summed E-state index contributed by atoms with van der Waals surface area (Å²) in [6.45, 7) is 4.04. The van der Waals surface area contributed by atoms with Crippen LogP contribution in [-0.4, -0.2) is 34.0 Å². The Morgan fingerprint density at radius 3 is 2.58 bits per heavy atom. The number of carbonyl (C=O) groups is 1. The maximum Gasteiger partial charge on any atom is 0.314 e. The fourth-order valence-electron chi connectivity index (χ4n) is 2.33. The second kappa shape index (κ2) is 7.44. The Morgan fingerprint density at radius 1 is 1.33 bits per heavy atom. The number of aliphatic hydroxyl groups is 1. The summed E-state index contributed by atoms with van der Waals surface area (Å²) in [4.78, 5) is 11.8. The van der Waals surface area contributed by atoms with Crippen LogP contribution in [0, 0.1) is 12.7 Å². The number of rotatable bonds is 6. The topological polar surface area (TPSA) is 79.2 Å².